The molecule has 3 fully saturated rings. The van der Waals surface area contributed by atoms with E-state index in [1.165, 1.54) is 0 Å². The highest BCUT2D eigenvalue weighted by Crippen LogP contribution is 2.40. The summed E-state index contributed by atoms with van der Waals surface area (Å²) in [7, 11) is 0. The molecule has 2 aliphatic heterocycles. The number of anilines is 1. The first kappa shape index (κ1) is 42.7. The van der Waals surface area contributed by atoms with Gasteiger partial charge in [0, 0.05) is 62.3 Å². The van der Waals surface area contributed by atoms with Crippen molar-refractivity contribution in [3.05, 3.63) is 86.0 Å². The SMILES string of the molecule is Cc1cc(Cl)c(O[C@H]2CCN(c3ccc([C@@H]4CCN(C(=O)OC(C)(C)C)C[C@H]4C(=O)N(Cc4cc(CNC(=O)CC(F)(F)F)ccc4Cl)C4CC4)cn3)C2)c(Cl)c1. The van der Waals surface area contributed by atoms with E-state index in [9.17, 15) is 27.6 Å². The van der Waals surface area contributed by atoms with E-state index in [-0.39, 0.29) is 43.6 Å². The number of aryl methyl sites for hydroxylation is 1. The molecule has 2 saturated heterocycles. The lowest BCUT2D eigenvalue weighted by molar-refractivity contribution is -0.153. The Morgan fingerprint density at radius 1 is 0.930 bits per heavy atom. The maximum atomic E-state index is 14.8. The van der Waals surface area contributed by atoms with Crippen LogP contribution in [0.2, 0.25) is 15.1 Å². The second-order valence-electron chi connectivity index (χ2n) is 16.1. The average Bonchev–Trinajstić information content (AvgIpc) is 3.86. The number of carbonyl (C=O) groups is 3. The fourth-order valence-electron chi connectivity index (χ4n) is 7.37. The summed E-state index contributed by atoms with van der Waals surface area (Å²) >= 11 is 19.5. The van der Waals surface area contributed by atoms with Gasteiger partial charge in [0.05, 0.1) is 22.5 Å². The van der Waals surface area contributed by atoms with Crippen molar-refractivity contribution >= 4 is 58.5 Å². The molecule has 10 nitrogen and oxygen atoms in total. The maximum Gasteiger partial charge on any atom is 0.410 e. The summed E-state index contributed by atoms with van der Waals surface area (Å²) in [5.74, 6) is -0.934. The van der Waals surface area contributed by atoms with Gasteiger partial charge >= 0.3 is 12.3 Å². The van der Waals surface area contributed by atoms with Gasteiger partial charge in [-0.25, -0.2) is 9.78 Å². The first-order valence-electron chi connectivity index (χ1n) is 19.1. The number of piperidine rings is 1. The standard InChI is InChI=1S/C41H47Cl3F3N5O5/c1-24-15-33(43)37(34(44)16-24)56-29-11-13-50(22-29)35-10-6-26(20-48-35)30-12-14-51(39(55)57-40(2,3)4)23-31(30)38(54)52(28-7-8-28)21-27-17-25(5-9-32(27)42)19-49-36(53)18-41(45,46)47/h5-6,9-10,15-17,20,28-31H,7-8,11-14,18-19,21-23H2,1-4H3,(H,49,53)/t29-,30-,31+/m0/s1. The minimum atomic E-state index is -4.62. The summed E-state index contributed by atoms with van der Waals surface area (Å²) in [6, 6.07) is 12.5. The summed E-state index contributed by atoms with van der Waals surface area (Å²) in [6.07, 6.45) is -2.18. The van der Waals surface area contributed by atoms with E-state index in [0.717, 1.165) is 36.2 Å². The molecular weight excluding hydrogens is 806 g/mol. The van der Waals surface area contributed by atoms with Crippen LogP contribution in [-0.4, -0.2) is 82.8 Å². The van der Waals surface area contributed by atoms with Crippen LogP contribution in [0, 0.1) is 12.8 Å². The Morgan fingerprint density at radius 2 is 1.65 bits per heavy atom. The number of nitrogens with one attached hydrogen (secondary N) is 1. The van der Waals surface area contributed by atoms with Crippen LogP contribution in [0.15, 0.2) is 48.7 Å². The molecule has 1 aliphatic carbocycles. The van der Waals surface area contributed by atoms with Crippen molar-refractivity contribution in [2.24, 2.45) is 5.92 Å². The number of benzene rings is 2. The number of hydrogen-bond donors (Lipinski definition) is 1. The number of hydrogen-bond acceptors (Lipinski definition) is 7. The Morgan fingerprint density at radius 3 is 2.28 bits per heavy atom. The van der Waals surface area contributed by atoms with Crippen LogP contribution < -0.4 is 15.0 Å². The number of pyridine rings is 1. The number of alkyl halides is 3. The maximum absolute atomic E-state index is 14.8. The molecule has 6 rings (SSSR count). The largest absolute Gasteiger partial charge is 0.485 e. The fraction of sp³-hybridized carbons (Fsp3) is 0.512. The number of rotatable bonds is 11. The molecule has 1 N–H and O–H groups in total. The van der Waals surface area contributed by atoms with Crippen molar-refractivity contribution in [1.82, 2.24) is 20.1 Å². The lowest BCUT2D eigenvalue weighted by atomic mass is 9.80. The molecule has 0 unspecified atom stereocenters. The van der Waals surface area contributed by atoms with E-state index >= 15 is 0 Å². The first-order chi connectivity index (χ1) is 26.8. The van der Waals surface area contributed by atoms with Gasteiger partial charge < -0.3 is 29.5 Å². The molecule has 3 aliphatic rings. The van der Waals surface area contributed by atoms with Crippen LogP contribution in [0.3, 0.4) is 0 Å². The van der Waals surface area contributed by atoms with Gasteiger partial charge in [-0.15, -0.1) is 0 Å². The Balaban J connectivity index is 1.19. The molecule has 3 aromatic rings. The molecule has 2 aromatic carbocycles. The van der Waals surface area contributed by atoms with Crippen LogP contribution in [0.4, 0.5) is 23.8 Å². The minimum absolute atomic E-state index is 0.0447. The van der Waals surface area contributed by atoms with Gasteiger partial charge in [-0.2, -0.15) is 13.2 Å². The van der Waals surface area contributed by atoms with Gasteiger partial charge in [-0.1, -0.05) is 53.0 Å². The molecule has 308 valence electrons. The Kier molecular flexibility index (Phi) is 13.1. The van der Waals surface area contributed by atoms with E-state index in [4.69, 9.17) is 49.3 Å². The highest BCUT2D eigenvalue weighted by Gasteiger charge is 2.44. The number of amides is 3. The monoisotopic (exact) mass is 851 g/mol. The predicted octanol–water partition coefficient (Wildman–Crippen LogP) is 9.11. The number of halogens is 6. The van der Waals surface area contributed by atoms with Gasteiger partial charge in [-0.3, -0.25) is 9.59 Å². The summed E-state index contributed by atoms with van der Waals surface area (Å²) in [5.41, 5.74) is 2.24. The molecular formula is C41H47Cl3F3N5O5. The Labute approximate surface area is 345 Å². The van der Waals surface area contributed by atoms with Gasteiger partial charge in [-0.05, 0) is 93.5 Å². The molecule has 0 bridgehead atoms. The van der Waals surface area contributed by atoms with Crippen molar-refractivity contribution in [1.29, 1.82) is 0 Å². The van der Waals surface area contributed by atoms with Crippen LogP contribution in [0.1, 0.15) is 81.0 Å². The third-order valence-electron chi connectivity index (χ3n) is 10.2. The van der Waals surface area contributed by atoms with Gasteiger partial charge in [0.1, 0.15) is 23.9 Å². The van der Waals surface area contributed by atoms with Gasteiger partial charge in [0.2, 0.25) is 11.8 Å². The van der Waals surface area contributed by atoms with E-state index in [0.29, 0.717) is 58.0 Å². The third kappa shape index (κ3) is 11.4. The number of nitrogens with zero attached hydrogens (tertiary/aromatic N) is 4. The van der Waals surface area contributed by atoms with E-state index in [2.05, 4.69) is 10.2 Å². The van der Waals surface area contributed by atoms with Crippen molar-refractivity contribution in [3.63, 3.8) is 0 Å². The molecule has 3 heterocycles. The van der Waals surface area contributed by atoms with Gasteiger partial charge in [0.15, 0.2) is 5.75 Å². The summed E-state index contributed by atoms with van der Waals surface area (Å²) in [5, 5.41) is 3.62. The molecule has 1 aromatic heterocycles. The molecule has 1 saturated carbocycles. The molecule has 16 heteroatoms. The van der Waals surface area contributed by atoms with E-state index in [1.807, 2.05) is 31.2 Å². The molecule has 0 spiro atoms. The van der Waals surface area contributed by atoms with E-state index < -0.39 is 36.1 Å². The molecule has 3 amide bonds. The Bertz CT molecular complexity index is 1930. The highest BCUT2D eigenvalue weighted by molar-refractivity contribution is 6.37. The predicted molar refractivity (Wildman–Crippen MR) is 213 cm³/mol. The molecule has 3 atom stereocenters. The summed E-state index contributed by atoms with van der Waals surface area (Å²) < 4.78 is 50.0. The van der Waals surface area contributed by atoms with Crippen LogP contribution >= 0.6 is 34.8 Å². The fourth-order valence-corrected chi connectivity index (χ4v) is 8.23. The number of aromatic nitrogens is 1. The summed E-state index contributed by atoms with van der Waals surface area (Å²) in [6.45, 7) is 9.15. The van der Waals surface area contributed by atoms with Crippen LogP contribution in [0.5, 0.6) is 5.75 Å². The van der Waals surface area contributed by atoms with Crippen LogP contribution in [0.25, 0.3) is 0 Å². The van der Waals surface area contributed by atoms with Gasteiger partial charge in [0.25, 0.3) is 0 Å². The highest BCUT2D eigenvalue weighted by atomic mass is 35.5. The van der Waals surface area contributed by atoms with Crippen LogP contribution in [-0.2, 0) is 27.4 Å². The van der Waals surface area contributed by atoms with Crippen molar-refractivity contribution in [2.75, 3.05) is 31.1 Å². The number of ether oxygens (including phenoxy) is 2. The summed E-state index contributed by atoms with van der Waals surface area (Å²) in [4.78, 5) is 50.3. The Hall–Kier alpha value is -3.94. The molecule has 0 radical (unpaired) electrons. The van der Waals surface area contributed by atoms with Crippen molar-refractivity contribution in [3.8, 4) is 5.75 Å². The zero-order chi connectivity index (χ0) is 41.2. The lowest BCUT2D eigenvalue weighted by Crippen LogP contribution is -2.51. The normalized spacial score (nSPS) is 20.0. The number of likely N-dealkylation sites (tertiary alicyclic amines) is 1. The second-order valence-corrected chi connectivity index (χ2v) is 17.3. The second kappa shape index (κ2) is 17.5. The van der Waals surface area contributed by atoms with Crippen molar-refractivity contribution in [2.45, 2.75) is 103 Å². The molecule has 57 heavy (non-hydrogen) atoms. The average molecular weight is 853 g/mol. The van der Waals surface area contributed by atoms with Crippen molar-refractivity contribution < 1.29 is 37.0 Å². The van der Waals surface area contributed by atoms with E-state index in [1.54, 1.807) is 55.0 Å². The quantitative estimate of drug-likeness (QED) is 0.205. The topological polar surface area (TPSA) is 104 Å². The zero-order valence-corrected chi connectivity index (χ0v) is 34.6. The minimum Gasteiger partial charge on any atom is -0.485 e. The smallest absolute Gasteiger partial charge is 0.410 e. The number of carbonyl (C=O) groups excluding carboxylic acids is 3. The zero-order valence-electron chi connectivity index (χ0n) is 32.3. The lowest BCUT2D eigenvalue weighted by Gasteiger charge is -2.40. The first-order valence-corrected chi connectivity index (χ1v) is 20.2. The third-order valence-corrected chi connectivity index (χ3v) is 11.2.